The highest BCUT2D eigenvalue weighted by molar-refractivity contribution is 5.53. The van der Waals surface area contributed by atoms with Crippen LogP contribution in [0.1, 0.15) is 63.9 Å². The molecule has 1 rings (SSSR count). The van der Waals surface area contributed by atoms with Crippen molar-refractivity contribution in [2.24, 2.45) is 0 Å². The standard InChI is InChI=1S/C23H42NO3/c1-7-8-9-14-17-27-23-21(25-5)18-20(19-22(23)26-6)15-12-10-11-13-16-24(2,3)4/h18-19H,7-17H2,1-6H3/q+1. The van der Waals surface area contributed by atoms with Crippen molar-refractivity contribution in [3.63, 3.8) is 0 Å². The van der Waals surface area contributed by atoms with Gasteiger partial charge in [0.2, 0.25) is 5.75 Å². The van der Waals surface area contributed by atoms with Crippen LogP contribution in [0.3, 0.4) is 0 Å². The first-order valence-corrected chi connectivity index (χ1v) is 10.6. The maximum atomic E-state index is 5.99. The first-order chi connectivity index (χ1) is 12.9. The molecule has 0 aliphatic rings. The van der Waals surface area contributed by atoms with Crippen LogP contribution in [-0.4, -0.2) is 53.0 Å². The number of aryl methyl sites for hydroxylation is 1. The van der Waals surface area contributed by atoms with Crippen LogP contribution in [0.25, 0.3) is 0 Å². The topological polar surface area (TPSA) is 27.7 Å². The van der Waals surface area contributed by atoms with Gasteiger partial charge >= 0.3 is 0 Å². The monoisotopic (exact) mass is 380 g/mol. The summed E-state index contributed by atoms with van der Waals surface area (Å²) in [5.74, 6) is 2.30. The van der Waals surface area contributed by atoms with Crippen molar-refractivity contribution in [2.75, 3.05) is 48.5 Å². The predicted octanol–water partition coefficient (Wildman–Crippen LogP) is 5.47. The number of quaternary nitrogens is 1. The fourth-order valence-corrected chi connectivity index (χ4v) is 3.19. The molecule has 0 saturated carbocycles. The van der Waals surface area contributed by atoms with Gasteiger partial charge in [0.05, 0.1) is 48.5 Å². The minimum atomic E-state index is 0.707. The summed E-state index contributed by atoms with van der Waals surface area (Å²) in [7, 11) is 10.2. The summed E-state index contributed by atoms with van der Waals surface area (Å²) in [5.41, 5.74) is 1.26. The van der Waals surface area contributed by atoms with Gasteiger partial charge in [-0.15, -0.1) is 0 Å². The van der Waals surface area contributed by atoms with Crippen molar-refractivity contribution in [1.29, 1.82) is 0 Å². The third kappa shape index (κ3) is 9.90. The second-order valence-electron chi connectivity index (χ2n) is 8.42. The van der Waals surface area contributed by atoms with Gasteiger partial charge in [0.15, 0.2) is 11.5 Å². The maximum absolute atomic E-state index is 5.99. The van der Waals surface area contributed by atoms with Gasteiger partial charge in [-0.2, -0.15) is 0 Å². The van der Waals surface area contributed by atoms with E-state index >= 15 is 0 Å². The molecule has 0 aliphatic carbocycles. The van der Waals surface area contributed by atoms with E-state index in [-0.39, 0.29) is 0 Å². The summed E-state index contributed by atoms with van der Waals surface area (Å²) >= 11 is 0. The summed E-state index contributed by atoms with van der Waals surface area (Å²) in [6.07, 6.45) is 10.9. The molecule has 4 nitrogen and oxygen atoms in total. The second kappa shape index (κ2) is 12.9. The van der Waals surface area contributed by atoms with Crippen LogP contribution < -0.4 is 14.2 Å². The molecule has 1 aromatic carbocycles. The SMILES string of the molecule is CCCCCCOc1c(OC)cc(CCCCCC[N+](C)(C)C)cc1OC. The Morgan fingerprint density at radius 1 is 0.778 bits per heavy atom. The van der Waals surface area contributed by atoms with E-state index in [2.05, 4.69) is 40.2 Å². The van der Waals surface area contributed by atoms with Crippen LogP contribution in [0.4, 0.5) is 0 Å². The van der Waals surface area contributed by atoms with E-state index in [1.54, 1.807) is 14.2 Å². The zero-order chi connectivity index (χ0) is 20.1. The van der Waals surface area contributed by atoms with Crippen LogP contribution in [0.5, 0.6) is 17.2 Å². The Hall–Kier alpha value is -1.42. The Morgan fingerprint density at radius 3 is 1.93 bits per heavy atom. The molecular weight excluding hydrogens is 338 g/mol. The Morgan fingerprint density at radius 2 is 1.37 bits per heavy atom. The highest BCUT2D eigenvalue weighted by atomic mass is 16.5. The van der Waals surface area contributed by atoms with Crippen LogP contribution in [-0.2, 0) is 6.42 Å². The van der Waals surface area contributed by atoms with Crippen molar-refractivity contribution in [3.8, 4) is 17.2 Å². The molecule has 0 amide bonds. The molecule has 0 atom stereocenters. The Kier molecular flexibility index (Phi) is 11.3. The second-order valence-corrected chi connectivity index (χ2v) is 8.42. The van der Waals surface area contributed by atoms with E-state index in [0.717, 1.165) is 34.6 Å². The number of rotatable bonds is 15. The quantitative estimate of drug-likeness (QED) is 0.298. The highest BCUT2D eigenvalue weighted by Crippen LogP contribution is 2.39. The number of unbranched alkanes of at least 4 members (excludes halogenated alkanes) is 6. The predicted molar refractivity (Wildman–Crippen MR) is 114 cm³/mol. The van der Waals surface area contributed by atoms with Crippen LogP contribution >= 0.6 is 0 Å². The Bertz CT molecular complexity index is 498. The molecule has 0 N–H and O–H groups in total. The van der Waals surface area contributed by atoms with E-state index in [1.165, 1.54) is 57.1 Å². The number of nitrogens with zero attached hydrogens (tertiary/aromatic N) is 1. The van der Waals surface area contributed by atoms with E-state index in [0.29, 0.717) is 6.61 Å². The van der Waals surface area contributed by atoms with Gasteiger partial charge in [0.1, 0.15) is 0 Å². The van der Waals surface area contributed by atoms with Crippen molar-refractivity contribution in [2.45, 2.75) is 64.7 Å². The van der Waals surface area contributed by atoms with Crippen LogP contribution in [0.2, 0.25) is 0 Å². The summed E-state index contributed by atoms with van der Waals surface area (Å²) in [6, 6.07) is 4.21. The molecule has 0 aromatic heterocycles. The molecule has 0 fully saturated rings. The highest BCUT2D eigenvalue weighted by Gasteiger charge is 2.14. The van der Waals surface area contributed by atoms with Gasteiger partial charge < -0.3 is 18.7 Å². The smallest absolute Gasteiger partial charge is 0.203 e. The lowest BCUT2D eigenvalue weighted by atomic mass is 10.0. The molecular formula is C23H42NO3+. The van der Waals surface area contributed by atoms with Gasteiger partial charge in [-0.3, -0.25) is 0 Å². The molecule has 156 valence electrons. The van der Waals surface area contributed by atoms with Gasteiger partial charge in [0, 0.05) is 0 Å². The lowest BCUT2D eigenvalue weighted by Gasteiger charge is -2.23. The van der Waals surface area contributed by atoms with Gasteiger partial charge in [-0.1, -0.05) is 32.6 Å². The van der Waals surface area contributed by atoms with Crippen molar-refractivity contribution >= 4 is 0 Å². The molecule has 0 saturated heterocycles. The molecule has 4 heteroatoms. The fourth-order valence-electron chi connectivity index (χ4n) is 3.19. The number of ether oxygens (including phenoxy) is 3. The average Bonchev–Trinajstić information content (AvgIpc) is 2.63. The largest absolute Gasteiger partial charge is 0.493 e. The normalized spacial score (nSPS) is 11.5. The third-order valence-electron chi connectivity index (χ3n) is 4.81. The Balaban J connectivity index is 2.54. The zero-order valence-electron chi connectivity index (χ0n) is 18.6. The maximum Gasteiger partial charge on any atom is 0.203 e. The number of benzene rings is 1. The first-order valence-electron chi connectivity index (χ1n) is 10.6. The minimum Gasteiger partial charge on any atom is -0.493 e. The van der Waals surface area contributed by atoms with Crippen molar-refractivity contribution in [3.05, 3.63) is 17.7 Å². The number of hydrogen-bond acceptors (Lipinski definition) is 3. The number of methoxy groups -OCH3 is 2. The third-order valence-corrected chi connectivity index (χ3v) is 4.81. The molecule has 1 aromatic rings. The summed E-state index contributed by atoms with van der Waals surface area (Å²) in [6.45, 7) is 4.17. The Labute approximate surface area is 167 Å². The van der Waals surface area contributed by atoms with E-state index in [4.69, 9.17) is 14.2 Å². The number of hydrogen-bond donors (Lipinski definition) is 0. The van der Waals surface area contributed by atoms with Gasteiger partial charge in [0.25, 0.3) is 0 Å². The molecule has 0 bridgehead atoms. The van der Waals surface area contributed by atoms with Gasteiger partial charge in [-0.05, 0) is 49.8 Å². The van der Waals surface area contributed by atoms with Crippen molar-refractivity contribution in [1.82, 2.24) is 0 Å². The van der Waals surface area contributed by atoms with E-state index in [9.17, 15) is 0 Å². The summed E-state index contributed by atoms with van der Waals surface area (Å²) < 4.78 is 18.2. The molecule has 27 heavy (non-hydrogen) atoms. The zero-order valence-corrected chi connectivity index (χ0v) is 18.6. The minimum absolute atomic E-state index is 0.707. The molecule has 0 heterocycles. The molecule has 0 radical (unpaired) electrons. The molecule has 0 spiro atoms. The summed E-state index contributed by atoms with van der Waals surface area (Å²) in [5, 5.41) is 0. The van der Waals surface area contributed by atoms with Crippen LogP contribution in [0.15, 0.2) is 12.1 Å². The average molecular weight is 381 g/mol. The van der Waals surface area contributed by atoms with Crippen LogP contribution in [0, 0.1) is 0 Å². The lowest BCUT2D eigenvalue weighted by Crippen LogP contribution is -2.35. The first kappa shape index (κ1) is 23.6. The van der Waals surface area contributed by atoms with E-state index in [1.807, 2.05) is 0 Å². The van der Waals surface area contributed by atoms with E-state index < -0.39 is 0 Å². The fraction of sp³-hybridized carbons (Fsp3) is 0.739. The van der Waals surface area contributed by atoms with Crippen molar-refractivity contribution < 1.29 is 18.7 Å². The molecule has 0 unspecified atom stereocenters. The van der Waals surface area contributed by atoms with Gasteiger partial charge in [-0.25, -0.2) is 0 Å². The molecule has 0 aliphatic heterocycles. The summed E-state index contributed by atoms with van der Waals surface area (Å²) in [4.78, 5) is 0. The lowest BCUT2D eigenvalue weighted by molar-refractivity contribution is -0.870.